The van der Waals surface area contributed by atoms with E-state index in [0.29, 0.717) is 16.7 Å². The SMILES string of the molecule is CC(=O)N1CC(Nc2ncnc3ccc(F)cc23)CCC1C(F)(F)F. The topological polar surface area (TPSA) is 58.1 Å². The first-order valence-corrected chi connectivity index (χ1v) is 7.76. The van der Waals surface area contributed by atoms with Crippen molar-refractivity contribution in [1.29, 1.82) is 0 Å². The smallest absolute Gasteiger partial charge is 0.365 e. The van der Waals surface area contributed by atoms with Crippen LogP contribution in [0.5, 0.6) is 0 Å². The molecule has 1 aliphatic heterocycles. The standard InChI is InChI=1S/C16H16F4N4O/c1-9(25)24-7-11(3-5-14(24)16(18,19)20)23-15-12-6-10(17)2-4-13(12)21-8-22-15/h2,4,6,8,11,14H,3,5,7H2,1H3,(H,21,22,23). The fourth-order valence-electron chi connectivity index (χ4n) is 3.11. The van der Waals surface area contributed by atoms with Crippen molar-refractivity contribution in [3.05, 3.63) is 30.3 Å². The number of nitrogens with zero attached hydrogens (tertiary/aromatic N) is 3. The number of benzene rings is 1. The molecule has 0 spiro atoms. The van der Waals surface area contributed by atoms with Crippen LogP contribution in [0.15, 0.2) is 24.5 Å². The number of hydrogen-bond donors (Lipinski definition) is 1. The molecule has 1 aliphatic rings. The molecule has 0 radical (unpaired) electrons. The maximum atomic E-state index is 13.5. The summed E-state index contributed by atoms with van der Waals surface area (Å²) in [6, 6.07) is 1.85. The second-order valence-electron chi connectivity index (χ2n) is 6.03. The number of nitrogens with one attached hydrogen (secondary N) is 1. The molecule has 1 fully saturated rings. The van der Waals surface area contributed by atoms with E-state index in [0.717, 1.165) is 11.8 Å². The molecule has 5 nitrogen and oxygen atoms in total. The molecule has 134 valence electrons. The van der Waals surface area contributed by atoms with Crippen LogP contribution in [-0.4, -0.2) is 45.6 Å². The van der Waals surface area contributed by atoms with E-state index in [1.54, 1.807) is 0 Å². The molecule has 9 heteroatoms. The number of halogens is 4. The molecular formula is C16H16F4N4O. The van der Waals surface area contributed by atoms with Crippen LogP contribution < -0.4 is 5.32 Å². The summed E-state index contributed by atoms with van der Waals surface area (Å²) < 4.78 is 52.7. The quantitative estimate of drug-likeness (QED) is 0.840. The molecule has 1 saturated heterocycles. The fourth-order valence-corrected chi connectivity index (χ4v) is 3.11. The van der Waals surface area contributed by atoms with Gasteiger partial charge in [-0.25, -0.2) is 14.4 Å². The van der Waals surface area contributed by atoms with E-state index < -0.39 is 30.0 Å². The average molecular weight is 356 g/mol. The van der Waals surface area contributed by atoms with Crippen molar-refractivity contribution in [2.45, 2.75) is 38.0 Å². The zero-order valence-electron chi connectivity index (χ0n) is 13.3. The summed E-state index contributed by atoms with van der Waals surface area (Å²) in [5.74, 6) is -0.757. The van der Waals surface area contributed by atoms with Gasteiger partial charge in [0.15, 0.2) is 0 Å². The van der Waals surface area contributed by atoms with E-state index in [4.69, 9.17) is 0 Å². The van der Waals surface area contributed by atoms with Crippen molar-refractivity contribution in [1.82, 2.24) is 14.9 Å². The monoisotopic (exact) mass is 356 g/mol. The Kier molecular flexibility index (Phi) is 4.49. The summed E-state index contributed by atoms with van der Waals surface area (Å²) in [6.45, 7) is 1.02. The number of piperidine rings is 1. The molecule has 1 amide bonds. The zero-order valence-corrected chi connectivity index (χ0v) is 13.3. The predicted octanol–water partition coefficient (Wildman–Crippen LogP) is 3.12. The van der Waals surface area contributed by atoms with Crippen LogP contribution in [0, 0.1) is 5.82 Å². The highest BCUT2D eigenvalue weighted by atomic mass is 19.4. The third kappa shape index (κ3) is 3.64. The summed E-state index contributed by atoms with van der Waals surface area (Å²) >= 11 is 0. The number of anilines is 1. The molecule has 0 bridgehead atoms. The van der Waals surface area contributed by atoms with Crippen LogP contribution >= 0.6 is 0 Å². The first kappa shape index (κ1) is 17.4. The van der Waals surface area contributed by atoms with Gasteiger partial charge in [-0.15, -0.1) is 0 Å². The Bertz CT molecular complexity index is 795. The van der Waals surface area contributed by atoms with Gasteiger partial charge in [-0.1, -0.05) is 0 Å². The molecule has 1 N–H and O–H groups in total. The fraction of sp³-hybridized carbons (Fsp3) is 0.438. The van der Waals surface area contributed by atoms with E-state index >= 15 is 0 Å². The number of aromatic nitrogens is 2. The highest BCUT2D eigenvalue weighted by Gasteiger charge is 2.47. The normalized spacial score (nSPS) is 21.4. The van der Waals surface area contributed by atoms with Crippen LogP contribution in [0.4, 0.5) is 23.4 Å². The molecule has 3 rings (SSSR count). The van der Waals surface area contributed by atoms with Gasteiger partial charge in [-0.05, 0) is 31.0 Å². The molecule has 2 heterocycles. The Balaban J connectivity index is 1.83. The Hall–Kier alpha value is -2.45. The van der Waals surface area contributed by atoms with E-state index in [2.05, 4.69) is 15.3 Å². The number of fused-ring (bicyclic) bond motifs is 1. The molecule has 1 aromatic heterocycles. The third-order valence-corrected chi connectivity index (χ3v) is 4.30. The van der Waals surface area contributed by atoms with Gasteiger partial charge >= 0.3 is 6.18 Å². The lowest BCUT2D eigenvalue weighted by atomic mass is 9.97. The van der Waals surface area contributed by atoms with Gasteiger partial charge in [0, 0.05) is 24.9 Å². The Morgan fingerprint density at radius 3 is 2.72 bits per heavy atom. The lowest BCUT2D eigenvalue weighted by molar-refractivity contribution is -0.195. The van der Waals surface area contributed by atoms with E-state index in [1.807, 2.05) is 0 Å². The van der Waals surface area contributed by atoms with Gasteiger partial charge in [0.05, 0.1) is 5.52 Å². The van der Waals surface area contributed by atoms with Crippen molar-refractivity contribution < 1.29 is 22.4 Å². The highest BCUT2D eigenvalue weighted by Crippen LogP contribution is 2.33. The predicted molar refractivity (Wildman–Crippen MR) is 83.4 cm³/mol. The molecule has 25 heavy (non-hydrogen) atoms. The van der Waals surface area contributed by atoms with Gasteiger partial charge in [0.1, 0.15) is 24.0 Å². The number of likely N-dealkylation sites (tertiary alicyclic amines) is 1. The largest absolute Gasteiger partial charge is 0.408 e. The van der Waals surface area contributed by atoms with Crippen molar-refractivity contribution in [2.24, 2.45) is 0 Å². The Morgan fingerprint density at radius 1 is 1.28 bits per heavy atom. The van der Waals surface area contributed by atoms with Gasteiger partial charge in [-0.3, -0.25) is 4.79 Å². The number of carbonyl (C=O) groups excluding carboxylic acids is 1. The molecule has 2 unspecified atom stereocenters. The molecule has 1 aromatic carbocycles. The average Bonchev–Trinajstić information content (AvgIpc) is 2.54. The van der Waals surface area contributed by atoms with Crippen molar-refractivity contribution in [2.75, 3.05) is 11.9 Å². The molecule has 0 aliphatic carbocycles. The van der Waals surface area contributed by atoms with Crippen LogP contribution in [0.1, 0.15) is 19.8 Å². The van der Waals surface area contributed by atoms with Gasteiger partial charge in [0.25, 0.3) is 0 Å². The number of alkyl halides is 3. The molecule has 2 atom stereocenters. The minimum atomic E-state index is -4.46. The second kappa shape index (κ2) is 6.45. The maximum Gasteiger partial charge on any atom is 0.408 e. The number of rotatable bonds is 2. The first-order chi connectivity index (χ1) is 11.8. The summed E-state index contributed by atoms with van der Waals surface area (Å²) in [7, 11) is 0. The molecule has 0 saturated carbocycles. The van der Waals surface area contributed by atoms with E-state index in [9.17, 15) is 22.4 Å². The Labute approximate surface area is 141 Å². The van der Waals surface area contributed by atoms with E-state index in [1.165, 1.54) is 24.5 Å². The highest BCUT2D eigenvalue weighted by molar-refractivity contribution is 5.88. The Morgan fingerprint density at radius 2 is 2.04 bits per heavy atom. The van der Waals surface area contributed by atoms with Crippen molar-refractivity contribution in [3.8, 4) is 0 Å². The van der Waals surface area contributed by atoms with Crippen LogP contribution in [0.25, 0.3) is 10.9 Å². The van der Waals surface area contributed by atoms with Crippen molar-refractivity contribution in [3.63, 3.8) is 0 Å². The summed E-state index contributed by atoms with van der Waals surface area (Å²) in [5, 5.41) is 3.47. The third-order valence-electron chi connectivity index (χ3n) is 4.30. The molecule has 2 aromatic rings. The summed E-state index contributed by atoms with van der Waals surface area (Å²) in [4.78, 5) is 20.6. The number of carbonyl (C=O) groups is 1. The summed E-state index contributed by atoms with van der Waals surface area (Å²) in [6.07, 6.45) is -3.14. The van der Waals surface area contributed by atoms with Crippen molar-refractivity contribution >= 4 is 22.6 Å². The molecular weight excluding hydrogens is 340 g/mol. The van der Waals surface area contributed by atoms with Gasteiger partial charge in [0.2, 0.25) is 5.91 Å². The second-order valence-corrected chi connectivity index (χ2v) is 6.03. The lowest BCUT2D eigenvalue weighted by Crippen LogP contribution is -2.55. The lowest BCUT2D eigenvalue weighted by Gasteiger charge is -2.40. The van der Waals surface area contributed by atoms with Crippen LogP contribution in [-0.2, 0) is 4.79 Å². The van der Waals surface area contributed by atoms with E-state index in [-0.39, 0.29) is 19.4 Å². The number of amides is 1. The minimum Gasteiger partial charge on any atom is -0.365 e. The van der Waals surface area contributed by atoms with Gasteiger partial charge in [-0.2, -0.15) is 13.2 Å². The maximum absolute atomic E-state index is 13.5. The number of hydrogen-bond acceptors (Lipinski definition) is 4. The van der Waals surface area contributed by atoms with Gasteiger partial charge < -0.3 is 10.2 Å². The van der Waals surface area contributed by atoms with Crippen LogP contribution in [0.3, 0.4) is 0 Å². The van der Waals surface area contributed by atoms with Crippen LogP contribution in [0.2, 0.25) is 0 Å². The minimum absolute atomic E-state index is 0.0969. The summed E-state index contributed by atoms with van der Waals surface area (Å²) in [5.41, 5.74) is 0.520. The first-order valence-electron chi connectivity index (χ1n) is 7.76. The zero-order chi connectivity index (χ0) is 18.2.